The molecule has 6 aromatic rings. The molecule has 0 spiro atoms. The fraction of sp³-hybridized carbons (Fsp3) is 0.356. The summed E-state index contributed by atoms with van der Waals surface area (Å²) in [5.41, 5.74) is -1.70. The van der Waals surface area contributed by atoms with Crippen LogP contribution in [-0.4, -0.2) is 52.0 Å². The summed E-state index contributed by atoms with van der Waals surface area (Å²) in [6.45, 7) is 8.72. The number of thiophene rings is 1. The zero-order valence-electron chi connectivity index (χ0n) is 33.7. The van der Waals surface area contributed by atoms with Crippen LogP contribution in [0.15, 0.2) is 111 Å². The number of nitrogens with zero attached hydrogens (tertiary/aromatic N) is 3. The van der Waals surface area contributed by atoms with E-state index in [0.29, 0.717) is 58.2 Å². The van der Waals surface area contributed by atoms with Gasteiger partial charge in [0.05, 0.1) is 36.2 Å². The van der Waals surface area contributed by atoms with E-state index in [4.69, 9.17) is 13.9 Å². The highest BCUT2D eigenvalue weighted by atomic mass is 32.1. The number of ketones is 2. The van der Waals surface area contributed by atoms with Gasteiger partial charge in [-0.1, -0.05) is 92.7 Å². The summed E-state index contributed by atoms with van der Waals surface area (Å²) >= 11 is 1.22. The van der Waals surface area contributed by atoms with E-state index in [1.165, 1.54) is 28.4 Å². The van der Waals surface area contributed by atoms with E-state index in [0.717, 1.165) is 14.9 Å². The van der Waals surface area contributed by atoms with Crippen molar-refractivity contribution in [2.24, 2.45) is 0 Å². The van der Waals surface area contributed by atoms with Gasteiger partial charge in [-0.15, -0.1) is 11.3 Å². The molecule has 1 aliphatic rings. The Bertz CT molecular complexity index is 2510. The van der Waals surface area contributed by atoms with Gasteiger partial charge < -0.3 is 18.7 Å². The molecule has 1 saturated carbocycles. The number of para-hydroxylation sites is 1. The van der Waals surface area contributed by atoms with Gasteiger partial charge in [-0.2, -0.15) is 0 Å². The van der Waals surface area contributed by atoms with E-state index in [2.05, 4.69) is 4.98 Å². The Balaban J connectivity index is 1.38. The third-order valence-electron chi connectivity index (χ3n) is 11.7. The number of rotatable bonds is 14. The molecule has 7 rings (SSSR count). The zero-order chi connectivity index (χ0) is 41.4. The first-order chi connectivity index (χ1) is 27.7. The Morgan fingerprint density at radius 2 is 1.55 bits per heavy atom. The number of oxazole rings is 1. The molecule has 13 heteroatoms. The standard InChI is InChI=1S/C45H49N3O8SSi/c1-29-38-41(51)48(45(4,5)37(50)27-44(2,3)58(53,32-15-9-7-10-16-32)33-17-11-8-12-18-33)43(52)47(42(38)57-39(29)40-46-25-26-55-40)28-36(34-19-13-14-20-35(34)54-6)56-31-23-21-30(49)22-24-31/h7-20,25-26,31,36,53H,21-24,27-28H2,1-6H3/t36-/m0/s1. The highest BCUT2D eigenvalue weighted by Crippen LogP contribution is 2.42. The zero-order valence-corrected chi connectivity index (χ0v) is 35.5. The van der Waals surface area contributed by atoms with Gasteiger partial charge in [0.15, 0.2) is 5.78 Å². The van der Waals surface area contributed by atoms with E-state index < -0.39 is 36.2 Å². The average molecular weight is 820 g/mol. The number of carbonyl (C=O) groups is 2. The third kappa shape index (κ3) is 7.36. The van der Waals surface area contributed by atoms with Crippen LogP contribution in [0.1, 0.15) is 77.0 Å². The fourth-order valence-electron chi connectivity index (χ4n) is 8.31. The first kappa shape index (κ1) is 41.0. The second-order valence-electron chi connectivity index (χ2n) is 16.2. The van der Waals surface area contributed by atoms with Crippen molar-refractivity contribution in [3.63, 3.8) is 0 Å². The Kier molecular flexibility index (Phi) is 11.4. The number of fused-ring (bicyclic) bond motifs is 1. The summed E-state index contributed by atoms with van der Waals surface area (Å²) in [5, 5.41) is 0.766. The lowest BCUT2D eigenvalue weighted by atomic mass is 9.91. The second kappa shape index (κ2) is 16.2. The fourth-order valence-corrected chi connectivity index (χ4v) is 13.2. The van der Waals surface area contributed by atoms with Crippen molar-refractivity contribution in [2.75, 3.05) is 7.11 Å². The number of methoxy groups -OCH3 is 1. The maximum Gasteiger partial charge on any atom is 0.333 e. The molecule has 1 N–H and O–H groups in total. The van der Waals surface area contributed by atoms with Crippen molar-refractivity contribution in [2.45, 2.75) is 96.1 Å². The predicted molar refractivity (Wildman–Crippen MR) is 228 cm³/mol. The lowest BCUT2D eigenvalue weighted by molar-refractivity contribution is -0.127. The van der Waals surface area contributed by atoms with Crippen LogP contribution in [-0.2, 0) is 26.4 Å². The van der Waals surface area contributed by atoms with Crippen molar-refractivity contribution in [3.05, 3.63) is 129 Å². The predicted octanol–water partition coefficient (Wildman–Crippen LogP) is 6.69. The molecule has 1 atom stereocenters. The lowest BCUT2D eigenvalue weighted by Crippen LogP contribution is -2.66. The van der Waals surface area contributed by atoms with E-state index in [9.17, 15) is 19.2 Å². The molecule has 0 bridgehead atoms. The van der Waals surface area contributed by atoms with Crippen LogP contribution in [0.3, 0.4) is 0 Å². The number of carbonyl (C=O) groups excluding carboxylic acids is 2. The topological polar surface area (TPSA) is 143 Å². The molecular weight excluding hydrogens is 771 g/mol. The number of benzene rings is 3. The van der Waals surface area contributed by atoms with Gasteiger partial charge in [-0.25, -0.2) is 14.3 Å². The number of aryl methyl sites for hydroxylation is 1. The smallest absolute Gasteiger partial charge is 0.333 e. The normalized spacial score (nSPS) is 14.8. The van der Waals surface area contributed by atoms with Crippen LogP contribution in [0, 0.1) is 6.92 Å². The Morgan fingerprint density at radius 3 is 2.14 bits per heavy atom. The minimum Gasteiger partial charge on any atom is -0.496 e. The van der Waals surface area contributed by atoms with Crippen LogP contribution in [0.5, 0.6) is 5.75 Å². The molecular formula is C45H49N3O8SSi. The number of ether oxygens (including phenoxy) is 2. The van der Waals surface area contributed by atoms with Crippen molar-refractivity contribution in [3.8, 4) is 16.5 Å². The van der Waals surface area contributed by atoms with Crippen molar-refractivity contribution in [1.29, 1.82) is 0 Å². The van der Waals surface area contributed by atoms with Crippen molar-refractivity contribution in [1.82, 2.24) is 14.1 Å². The lowest BCUT2D eigenvalue weighted by Gasteiger charge is -2.42. The maximum atomic E-state index is 15.2. The van der Waals surface area contributed by atoms with E-state index >= 15 is 4.79 Å². The van der Waals surface area contributed by atoms with Gasteiger partial charge in [-0.3, -0.25) is 19.0 Å². The molecule has 58 heavy (non-hydrogen) atoms. The molecule has 11 nitrogen and oxygen atoms in total. The minimum absolute atomic E-state index is 0.0319. The maximum absolute atomic E-state index is 15.2. The van der Waals surface area contributed by atoms with Crippen LogP contribution < -0.4 is 26.4 Å². The molecule has 0 amide bonds. The monoisotopic (exact) mass is 819 g/mol. The van der Waals surface area contributed by atoms with Gasteiger partial charge in [0.2, 0.25) is 5.89 Å². The molecule has 3 aromatic carbocycles. The van der Waals surface area contributed by atoms with Crippen molar-refractivity contribution >= 4 is 51.8 Å². The molecule has 0 radical (unpaired) electrons. The summed E-state index contributed by atoms with van der Waals surface area (Å²) in [6.07, 6.45) is 3.74. The SMILES string of the molecule is COc1ccccc1[C@H](Cn1c(=O)n(C(C)(C)C(=O)CC(C)(C)[Si](O)(c2ccccc2)c2ccccc2)c(=O)c2c(C)c(-c3ncco3)sc21)OC1CCC(=O)CC1. The highest BCUT2D eigenvalue weighted by molar-refractivity contribution is 7.22. The first-order valence-corrected chi connectivity index (χ1v) is 22.3. The average Bonchev–Trinajstić information content (AvgIpc) is 3.88. The largest absolute Gasteiger partial charge is 0.496 e. The van der Waals surface area contributed by atoms with E-state index in [-0.39, 0.29) is 36.0 Å². The molecule has 0 aliphatic heterocycles. The van der Waals surface area contributed by atoms with Gasteiger partial charge in [0, 0.05) is 24.8 Å². The minimum atomic E-state index is -3.64. The number of Topliss-reactive ketones (excluding diaryl/α,β-unsaturated/α-hetero) is 2. The summed E-state index contributed by atoms with van der Waals surface area (Å²) in [7, 11) is -2.07. The van der Waals surface area contributed by atoms with Crippen LogP contribution in [0.2, 0.25) is 5.04 Å². The van der Waals surface area contributed by atoms with Crippen LogP contribution in [0.25, 0.3) is 21.0 Å². The Labute approximate surface area is 342 Å². The van der Waals surface area contributed by atoms with Gasteiger partial charge in [0.25, 0.3) is 13.9 Å². The van der Waals surface area contributed by atoms with Gasteiger partial charge in [0.1, 0.15) is 34.3 Å². The third-order valence-corrected chi connectivity index (χ3v) is 17.5. The number of hydrogen-bond donors (Lipinski definition) is 1. The van der Waals surface area contributed by atoms with Crippen LogP contribution in [0.4, 0.5) is 0 Å². The molecule has 302 valence electrons. The van der Waals surface area contributed by atoms with Gasteiger partial charge in [-0.05, 0) is 60.7 Å². The molecule has 3 aromatic heterocycles. The number of hydrogen-bond acceptors (Lipinski definition) is 10. The first-order valence-electron chi connectivity index (χ1n) is 19.5. The molecule has 0 saturated heterocycles. The summed E-state index contributed by atoms with van der Waals surface area (Å²) in [6, 6.07) is 26.3. The highest BCUT2D eigenvalue weighted by Gasteiger charge is 2.52. The van der Waals surface area contributed by atoms with Crippen LogP contribution >= 0.6 is 11.3 Å². The second-order valence-corrected chi connectivity index (χ2v) is 21.1. The van der Waals surface area contributed by atoms with Crippen molar-refractivity contribution < 1.29 is 28.3 Å². The Morgan fingerprint density at radius 1 is 0.948 bits per heavy atom. The molecule has 1 aliphatic carbocycles. The summed E-state index contributed by atoms with van der Waals surface area (Å²) < 4.78 is 20.8. The number of aromatic nitrogens is 3. The van der Waals surface area contributed by atoms with Gasteiger partial charge >= 0.3 is 5.69 Å². The summed E-state index contributed by atoms with van der Waals surface area (Å²) in [5.74, 6) is 0.670. The van der Waals surface area contributed by atoms with E-state index in [1.807, 2.05) is 98.8 Å². The molecule has 0 unspecified atom stereocenters. The molecule has 1 fully saturated rings. The summed E-state index contributed by atoms with van der Waals surface area (Å²) in [4.78, 5) is 75.4. The van der Waals surface area contributed by atoms with E-state index in [1.54, 1.807) is 27.9 Å². The molecule has 3 heterocycles. The quantitative estimate of drug-likeness (QED) is 0.119. The Hall–Kier alpha value is -5.21.